The van der Waals surface area contributed by atoms with Crippen molar-refractivity contribution in [2.75, 3.05) is 13.2 Å². The van der Waals surface area contributed by atoms with Gasteiger partial charge < -0.3 is 9.84 Å². The molecule has 3 heteroatoms. The van der Waals surface area contributed by atoms with Crippen molar-refractivity contribution in [2.24, 2.45) is 5.92 Å². The van der Waals surface area contributed by atoms with Gasteiger partial charge in [-0.1, -0.05) is 17.7 Å². The highest BCUT2D eigenvalue weighted by Gasteiger charge is 2.26. The third-order valence-corrected chi connectivity index (χ3v) is 3.67. The number of aliphatic hydroxyl groups excluding tert-OH is 1. The highest BCUT2D eigenvalue weighted by molar-refractivity contribution is 6.31. The molecule has 0 spiro atoms. The lowest BCUT2D eigenvalue weighted by Gasteiger charge is -2.19. The zero-order chi connectivity index (χ0) is 11.7. The molecule has 0 aliphatic carbocycles. The monoisotopic (exact) mass is 240 g/mol. The first kappa shape index (κ1) is 11.9. The second-order valence-corrected chi connectivity index (χ2v) is 4.93. The average Bonchev–Trinajstić information content (AvgIpc) is 2.75. The number of ether oxygens (including phenoxy) is 1. The van der Waals surface area contributed by atoms with Crippen LogP contribution < -0.4 is 0 Å². The second-order valence-electron chi connectivity index (χ2n) is 4.53. The third kappa shape index (κ3) is 2.24. The Bertz CT molecular complexity index is 384. The van der Waals surface area contributed by atoms with Crippen LogP contribution in [0.5, 0.6) is 0 Å². The van der Waals surface area contributed by atoms with Crippen LogP contribution >= 0.6 is 11.6 Å². The van der Waals surface area contributed by atoms with Crippen molar-refractivity contribution in [3.8, 4) is 0 Å². The predicted octanol–water partition coefficient (Wildman–Crippen LogP) is 3.03. The number of halogens is 1. The Morgan fingerprint density at radius 2 is 2.06 bits per heavy atom. The maximum absolute atomic E-state index is 10.3. The second kappa shape index (κ2) is 4.74. The summed E-state index contributed by atoms with van der Waals surface area (Å²) in [5, 5.41) is 10.9. The minimum atomic E-state index is -0.505. The number of aliphatic hydroxyl groups is 1. The molecular weight excluding hydrogens is 224 g/mol. The predicted molar refractivity (Wildman–Crippen MR) is 64.8 cm³/mol. The summed E-state index contributed by atoms with van der Waals surface area (Å²) in [6.07, 6.45) is 0.402. The van der Waals surface area contributed by atoms with Gasteiger partial charge in [0.05, 0.1) is 12.7 Å². The standard InChI is InChI=1S/C13H17ClO2/c1-8-5-11(12(14)6-9(8)2)13(15)10-3-4-16-7-10/h5-6,10,13,15H,3-4,7H2,1-2H3. The molecule has 16 heavy (non-hydrogen) atoms. The number of aryl methyl sites for hydroxylation is 2. The van der Waals surface area contributed by atoms with E-state index >= 15 is 0 Å². The molecule has 88 valence electrons. The van der Waals surface area contributed by atoms with Crippen molar-refractivity contribution < 1.29 is 9.84 Å². The van der Waals surface area contributed by atoms with Crippen molar-refractivity contribution >= 4 is 11.6 Å². The first-order valence-corrected chi connectivity index (χ1v) is 6.00. The van der Waals surface area contributed by atoms with Crippen LogP contribution in [0.1, 0.15) is 29.2 Å². The van der Waals surface area contributed by atoms with Gasteiger partial charge in [0.25, 0.3) is 0 Å². The fourth-order valence-corrected chi connectivity index (χ4v) is 2.42. The van der Waals surface area contributed by atoms with Crippen molar-refractivity contribution in [1.29, 1.82) is 0 Å². The van der Waals surface area contributed by atoms with E-state index in [1.807, 2.05) is 26.0 Å². The zero-order valence-corrected chi connectivity index (χ0v) is 10.4. The molecule has 0 bridgehead atoms. The molecule has 1 aliphatic heterocycles. The number of benzene rings is 1. The van der Waals surface area contributed by atoms with Gasteiger partial charge >= 0.3 is 0 Å². The van der Waals surface area contributed by atoms with E-state index < -0.39 is 6.10 Å². The van der Waals surface area contributed by atoms with Crippen LogP contribution in [0.3, 0.4) is 0 Å². The average molecular weight is 241 g/mol. The van der Waals surface area contributed by atoms with Crippen LogP contribution in [0, 0.1) is 19.8 Å². The van der Waals surface area contributed by atoms with Crippen LogP contribution in [-0.4, -0.2) is 18.3 Å². The van der Waals surface area contributed by atoms with Gasteiger partial charge in [-0.25, -0.2) is 0 Å². The molecule has 1 aromatic carbocycles. The van der Waals surface area contributed by atoms with Gasteiger partial charge in [0.2, 0.25) is 0 Å². The summed E-state index contributed by atoms with van der Waals surface area (Å²) >= 11 is 6.17. The lowest BCUT2D eigenvalue weighted by molar-refractivity contribution is 0.0918. The van der Waals surface area contributed by atoms with E-state index in [4.69, 9.17) is 16.3 Å². The van der Waals surface area contributed by atoms with E-state index in [1.165, 1.54) is 0 Å². The van der Waals surface area contributed by atoms with Gasteiger partial charge in [0.1, 0.15) is 0 Å². The van der Waals surface area contributed by atoms with E-state index in [0.717, 1.165) is 29.7 Å². The Hall–Kier alpha value is -0.570. The summed E-state index contributed by atoms with van der Waals surface area (Å²) in [6.45, 7) is 5.43. The third-order valence-electron chi connectivity index (χ3n) is 3.34. The van der Waals surface area contributed by atoms with Crippen molar-refractivity contribution in [2.45, 2.75) is 26.4 Å². The maximum Gasteiger partial charge on any atom is 0.0855 e. The van der Waals surface area contributed by atoms with Crippen molar-refractivity contribution in [3.05, 3.63) is 33.8 Å². The molecule has 1 aromatic rings. The van der Waals surface area contributed by atoms with Crippen LogP contribution in [0.25, 0.3) is 0 Å². The van der Waals surface area contributed by atoms with E-state index in [0.29, 0.717) is 11.6 Å². The first-order valence-electron chi connectivity index (χ1n) is 5.62. The number of hydrogen-bond donors (Lipinski definition) is 1. The van der Waals surface area contributed by atoms with E-state index in [1.54, 1.807) is 0 Å². The Kier molecular flexibility index (Phi) is 3.53. The molecule has 2 rings (SSSR count). The van der Waals surface area contributed by atoms with Crippen LogP contribution in [0.4, 0.5) is 0 Å². The van der Waals surface area contributed by atoms with Gasteiger partial charge in [-0.2, -0.15) is 0 Å². The van der Waals surface area contributed by atoms with Gasteiger partial charge in [-0.3, -0.25) is 0 Å². The molecule has 2 nitrogen and oxygen atoms in total. The van der Waals surface area contributed by atoms with Gasteiger partial charge in [-0.15, -0.1) is 0 Å². The summed E-state index contributed by atoms with van der Waals surface area (Å²) < 4.78 is 5.29. The molecule has 2 unspecified atom stereocenters. The molecule has 1 N–H and O–H groups in total. The number of rotatable bonds is 2. The molecule has 1 saturated heterocycles. The fourth-order valence-electron chi connectivity index (χ4n) is 2.09. The SMILES string of the molecule is Cc1cc(Cl)c(C(O)C2CCOC2)cc1C. The molecule has 0 radical (unpaired) electrons. The van der Waals surface area contributed by atoms with Gasteiger partial charge in [0.15, 0.2) is 0 Å². The summed E-state index contributed by atoms with van der Waals surface area (Å²) in [5.74, 6) is 0.180. The van der Waals surface area contributed by atoms with Crippen molar-refractivity contribution in [1.82, 2.24) is 0 Å². The molecule has 0 amide bonds. The highest BCUT2D eigenvalue weighted by Crippen LogP contribution is 2.34. The molecule has 0 aromatic heterocycles. The van der Waals surface area contributed by atoms with Crippen LogP contribution in [-0.2, 0) is 4.74 Å². The smallest absolute Gasteiger partial charge is 0.0855 e. The fraction of sp³-hybridized carbons (Fsp3) is 0.538. The van der Waals surface area contributed by atoms with E-state index in [-0.39, 0.29) is 5.92 Å². The lowest BCUT2D eigenvalue weighted by atomic mass is 9.93. The topological polar surface area (TPSA) is 29.5 Å². The normalized spacial score (nSPS) is 22.4. The summed E-state index contributed by atoms with van der Waals surface area (Å²) in [6, 6.07) is 3.91. The van der Waals surface area contributed by atoms with E-state index in [2.05, 4.69) is 0 Å². The Balaban J connectivity index is 2.28. The lowest BCUT2D eigenvalue weighted by Crippen LogP contribution is -2.13. The van der Waals surface area contributed by atoms with Gasteiger partial charge in [0, 0.05) is 17.5 Å². The Morgan fingerprint density at radius 1 is 1.38 bits per heavy atom. The quantitative estimate of drug-likeness (QED) is 0.861. The van der Waals surface area contributed by atoms with Crippen LogP contribution in [0.15, 0.2) is 12.1 Å². The first-order chi connectivity index (χ1) is 7.59. The largest absolute Gasteiger partial charge is 0.388 e. The van der Waals surface area contributed by atoms with Crippen molar-refractivity contribution in [3.63, 3.8) is 0 Å². The Labute approximate surface area is 101 Å². The molecule has 1 fully saturated rings. The molecule has 0 saturated carbocycles. The molecular formula is C13H17ClO2. The van der Waals surface area contributed by atoms with E-state index in [9.17, 15) is 5.11 Å². The summed E-state index contributed by atoms with van der Waals surface area (Å²) in [4.78, 5) is 0. The zero-order valence-electron chi connectivity index (χ0n) is 9.66. The maximum atomic E-state index is 10.3. The highest BCUT2D eigenvalue weighted by atomic mass is 35.5. The van der Waals surface area contributed by atoms with Gasteiger partial charge in [-0.05, 0) is 43.0 Å². The molecule has 1 aliphatic rings. The molecule has 2 atom stereocenters. The minimum Gasteiger partial charge on any atom is -0.388 e. The number of hydrogen-bond acceptors (Lipinski definition) is 2. The molecule has 1 heterocycles. The Morgan fingerprint density at radius 3 is 2.69 bits per heavy atom. The summed E-state index contributed by atoms with van der Waals surface area (Å²) in [5.41, 5.74) is 3.15. The van der Waals surface area contributed by atoms with Crippen LogP contribution in [0.2, 0.25) is 5.02 Å². The minimum absolute atomic E-state index is 0.180. The summed E-state index contributed by atoms with van der Waals surface area (Å²) in [7, 11) is 0.